The summed E-state index contributed by atoms with van der Waals surface area (Å²) in [7, 11) is 1.61. The third-order valence-electron chi connectivity index (χ3n) is 3.18. The molecule has 2 heterocycles. The van der Waals surface area contributed by atoms with Crippen LogP contribution in [-0.2, 0) is 0 Å². The number of aliphatic imine (C=N–C) groups is 1. The zero-order valence-electron chi connectivity index (χ0n) is 11.8. The minimum absolute atomic E-state index is 0.272. The molecule has 0 spiro atoms. The Morgan fingerprint density at radius 2 is 2.24 bits per heavy atom. The Hall–Kier alpha value is -2.70. The van der Waals surface area contributed by atoms with Crippen LogP contribution in [0.4, 0.5) is 4.79 Å². The smallest absolute Gasteiger partial charge is 0.320 e. The van der Waals surface area contributed by atoms with Crippen LogP contribution in [0.3, 0.4) is 0 Å². The lowest BCUT2D eigenvalue weighted by Crippen LogP contribution is -2.45. The molecule has 3 rings (SSSR count). The van der Waals surface area contributed by atoms with Crippen LogP contribution < -0.4 is 25.4 Å². The number of hydrogen-bond acceptors (Lipinski definition) is 5. The Labute approximate surface area is 122 Å². The molecule has 1 atom stereocenters. The van der Waals surface area contributed by atoms with E-state index in [9.17, 15) is 4.79 Å². The Kier molecular flexibility index (Phi) is 3.39. The third kappa shape index (κ3) is 2.49. The molecule has 21 heavy (non-hydrogen) atoms. The van der Waals surface area contributed by atoms with Crippen molar-refractivity contribution in [3.63, 3.8) is 0 Å². The number of carbonyl (C=O) groups is 1. The summed E-state index contributed by atoms with van der Waals surface area (Å²) in [6, 6.07) is 5.25. The van der Waals surface area contributed by atoms with Crippen LogP contribution in [0.1, 0.15) is 12.5 Å². The van der Waals surface area contributed by atoms with Gasteiger partial charge in [0.15, 0.2) is 6.17 Å². The van der Waals surface area contributed by atoms with Gasteiger partial charge in [-0.3, -0.25) is 0 Å². The third-order valence-corrected chi connectivity index (χ3v) is 3.18. The lowest BCUT2D eigenvalue weighted by molar-refractivity contribution is 0.240. The van der Waals surface area contributed by atoms with E-state index >= 15 is 0 Å². The van der Waals surface area contributed by atoms with Gasteiger partial charge in [0.1, 0.15) is 17.3 Å². The molecule has 1 unspecified atom stereocenters. The number of amidine groups is 1. The number of amides is 2. The minimum atomic E-state index is -0.394. The number of benzene rings is 1. The largest absolute Gasteiger partial charge is 0.497 e. The van der Waals surface area contributed by atoms with Crippen molar-refractivity contribution >= 4 is 11.9 Å². The molecule has 0 fully saturated rings. The van der Waals surface area contributed by atoms with Gasteiger partial charge in [-0.15, -0.1) is 0 Å². The first-order chi connectivity index (χ1) is 10.2. The second-order valence-electron chi connectivity index (χ2n) is 4.52. The highest BCUT2D eigenvalue weighted by Crippen LogP contribution is 2.27. The molecule has 7 heteroatoms. The van der Waals surface area contributed by atoms with Crippen LogP contribution in [0.25, 0.3) is 0 Å². The second-order valence-corrected chi connectivity index (χ2v) is 4.52. The predicted molar refractivity (Wildman–Crippen MR) is 77.4 cm³/mol. The number of nitrogens with zero attached hydrogens (tertiary/aromatic N) is 1. The molecule has 0 saturated carbocycles. The molecule has 0 aliphatic carbocycles. The summed E-state index contributed by atoms with van der Waals surface area (Å²) in [6.07, 6.45) is 1.22. The van der Waals surface area contributed by atoms with E-state index in [2.05, 4.69) is 20.9 Å². The summed E-state index contributed by atoms with van der Waals surface area (Å²) in [5, 5.41) is 8.48. The topological polar surface area (TPSA) is 84.0 Å². The van der Waals surface area contributed by atoms with E-state index in [1.54, 1.807) is 13.3 Å². The molecular formula is C14H16N4O3. The average molecular weight is 288 g/mol. The van der Waals surface area contributed by atoms with Gasteiger partial charge in [0.05, 0.1) is 25.0 Å². The molecule has 1 aromatic carbocycles. The van der Waals surface area contributed by atoms with Gasteiger partial charge in [0.25, 0.3) is 0 Å². The van der Waals surface area contributed by atoms with E-state index in [0.717, 1.165) is 11.3 Å². The van der Waals surface area contributed by atoms with Gasteiger partial charge in [-0.05, 0) is 25.1 Å². The van der Waals surface area contributed by atoms with Crippen molar-refractivity contribution in [2.45, 2.75) is 13.1 Å². The van der Waals surface area contributed by atoms with Crippen molar-refractivity contribution in [2.24, 2.45) is 4.99 Å². The van der Waals surface area contributed by atoms with Gasteiger partial charge < -0.3 is 25.4 Å². The fourth-order valence-electron chi connectivity index (χ4n) is 2.21. The predicted octanol–water partition coefficient (Wildman–Crippen LogP) is 0.924. The fraction of sp³-hybridized carbons (Fsp3) is 0.286. The molecular weight excluding hydrogens is 272 g/mol. The van der Waals surface area contributed by atoms with Crippen LogP contribution in [-0.4, -0.2) is 31.7 Å². The summed E-state index contributed by atoms with van der Waals surface area (Å²) in [4.78, 5) is 15.8. The summed E-state index contributed by atoms with van der Waals surface area (Å²) in [5.41, 5.74) is 1.58. The maximum atomic E-state index is 11.3. The van der Waals surface area contributed by atoms with E-state index in [1.165, 1.54) is 0 Å². The van der Waals surface area contributed by atoms with Gasteiger partial charge in [-0.2, -0.15) is 0 Å². The molecule has 2 aliphatic heterocycles. The number of hydrogen-bond donors (Lipinski definition) is 3. The Balaban J connectivity index is 1.96. The van der Waals surface area contributed by atoms with E-state index in [0.29, 0.717) is 23.9 Å². The number of urea groups is 1. The monoisotopic (exact) mass is 288 g/mol. The lowest BCUT2D eigenvalue weighted by atomic mass is 10.1. The van der Waals surface area contributed by atoms with Gasteiger partial charge in [0, 0.05) is 6.20 Å². The highest BCUT2D eigenvalue weighted by Gasteiger charge is 2.29. The number of carbonyl (C=O) groups excluding carboxylic acids is 1. The number of fused-ring (bicyclic) bond motifs is 1. The van der Waals surface area contributed by atoms with Crippen molar-refractivity contribution in [1.29, 1.82) is 0 Å². The molecule has 110 valence electrons. The van der Waals surface area contributed by atoms with Crippen LogP contribution in [0.15, 0.2) is 35.1 Å². The molecule has 0 saturated heterocycles. The standard InChI is InChI=1S/C14H16N4O3/c1-3-21-11-5-4-8(20-2)6-9(11)12-16-10-7-15-14(19)18-13(10)17-12/h4-7,13H,3H2,1-2H3,(H,16,17)(H2,15,18,19). The van der Waals surface area contributed by atoms with Crippen molar-refractivity contribution in [3.8, 4) is 11.5 Å². The second kappa shape index (κ2) is 5.35. The van der Waals surface area contributed by atoms with Crippen LogP contribution in [0, 0.1) is 0 Å². The highest BCUT2D eigenvalue weighted by atomic mass is 16.5. The maximum Gasteiger partial charge on any atom is 0.320 e. The van der Waals surface area contributed by atoms with Crippen molar-refractivity contribution < 1.29 is 14.3 Å². The van der Waals surface area contributed by atoms with Crippen molar-refractivity contribution in [1.82, 2.24) is 16.0 Å². The molecule has 2 aliphatic rings. The molecule has 2 amide bonds. The maximum absolute atomic E-state index is 11.3. The van der Waals surface area contributed by atoms with E-state index in [4.69, 9.17) is 9.47 Å². The Morgan fingerprint density at radius 1 is 1.38 bits per heavy atom. The normalized spacial score (nSPS) is 19.5. The summed E-state index contributed by atoms with van der Waals surface area (Å²) >= 11 is 0. The highest BCUT2D eigenvalue weighted by molar-refractivity contribution is 6.04. The molecule has 0 bridgehead atoms. The quantitative estimate of drug-likeness (QED) is 0.769. The molecule has 7 nitrogen and oxygen atoms in total. The van der Waals surface area contributed by atoms with Crippen molar-refractivity contribution in [2.75, 3.05) is 13.7 Å². The molecule has 0 radical (unpaired) electrons. The summed E-state index contributed by atoms with van der Waals surface area (Å²) in [5.74, 6) is 2.06. The zero-order chi connectivity index (χ0) is 14.8. The van der Waals surface area contributed by atoms with E-state index in [-0.39, 0.29) is 6.03 Å². The SMILES string of the molecule is CCOc1ccc(OC)cc1C1=NC2NC(=O)NC=C2N1. The lowest BCUT2D eigenvalue weighted by Gasteiger charge is -2.16. The van der Waals surface area contributed by atoms with E-state index < -0.39 is 6.17 Å². The first kappa shape index (κ1) is 13.3. The average Bonchev–Trinajstić information content (AvgIpc) is 2.90. The van der Waals surface area contributed by atoms with Crippen LogP contribution in [0.2, 0.25) is 0 Å². The Bertz CT molecular complexity index is 639. The van der Waals surface area contributed by atoms with Gasteiger partial charge in [0.2, 0.25) is 0 Å². The number of methoxy groups -OCH3 is 1. The van der Waals surface area contributed by atoms with E-state index in [1.807, 2.05) is 25.1 Å². The first-order valence-corrected chi connectivity index (χ1v) is 6.64. The van der Waals surface area contributed by atoms with Crippen molar-refractivity contribution in [3.05, 3.63) is 35.7 Å². The summed E-state index contributed by atoms with van der Waals surface area (Å²) < 4.78 is 10.9. The zero-order valence-corrected chi connectivity index (χ0v) is 11.8. The molecule has 1 aromatic rings. The van der Waals surface area contributed by atoms with Crippen LogP contribution >= 0.6 is 0 Å². The first-order valence-electron chi connectivity index (χ1n) is 6.64. The number of nitrogens with one attached hydrogen (secondary N) is 3. The Morgan fingerprint density at radius 3 is 3.00 bits per heavy atom. The minimum Gasteiger partial charge on any atom is -0.497 e. The molecule has 0 aromatic heterocycles. The van der Waals surface area contributed by atoms with Gasteiger partial charge in [-0.25, -0.2) is 9.79 Å². The van der Waals surface area contributed by atoms with Gasteiger partial charge in [-0.1, -0.05) is 0 Å². The number of ether oxygens (including phenoxy) is 2. The molecule has 3 N–H and O–H groups in total. The van der Waals surface area contributed by atoms with Gasteiger partial charge >= 0.3 is 6.03 Å². The number of rotatable bonds is 4. The summed E-state index contributed by atoms with van der Waals surface area (Å²) in [6.45, 7) is 2.47. The fourth-order valence-corrected chi connectivity index (χ4v) is 2.21. The van der Waals surface area contributed by atoms with Crippen LogP contribution in [0.5, 0.6) is 11.5 Å².